The van der Waals surface area contributed by atoms with Gasteiger partial charge in [-0.25, -0.2) is 0 Å². The molecule has 2 aliphatic heterocycles. The van der Waals surface area contributed by atoms with Gasteiger partial charge in [-0.2, -0.15) is 0 Å². The molecule has 0 amide bonds. The molecule has 2 N–H and O–H groups in total. The fourth-order valence-corrected chi connectivity index (χ4v) is 7.27. The number of halogens is 1. The van der Waals surface area contributed by atoms with Gasteiger partial charge in [-0.1, -0.05) is 32.1 Å². The average Bonchev–Trinajstić information content (AvgIpc) is 3.41. The predicted molar refractivity (Wildman–Crippen MR) is 129 cm³/mol. The van der Waals surface area contributed by atoms with Crippen molar-refractivity contribution >= 4 is 29.9 Å². The Balaban J connectivity index is 0.00000205. The summed E-state index contributed by atoms with van der Waals surface area (Å²) in [5.41, 5.74) is 0.392. The highest BCUT2D eigenvalue weighted by molar-refractivity contribution is 14.0. The molecule has 5 rings (SSSR count). The lowest BCUT2D eigenvalue weighted by Crippen LogP contribution is -2.69. The Morgan fingerprint density at radius 2 is 1.66 bits per heavy atom. The van der Waals surface area contributed by atoms with Crippen LogP contribution >= 0.6 is 24.0 Å². The monoisotopic (exact) mass is 516 g/mol. The van der Waals surface area contributed by atoms with Gasteiger partial charge in [0.15, 0.2) is 5.96 Å². The molecule has 0 aromatic heterocycles. The average molecular weight is 517 g/mol. The number of hydrogen-bond acceptors (Lipinski definition) is 3. The first-order valence-corrected chi connectivity index (χ1v) is 12.2. The molecule has 0 aromatic carbocycles. The minimum absolute atomic E-state index is 0. The second kappa shape index (κ2) is 9.60. The van der Waals surface area contributed by atoms with Crippen LogP contribution in [0.1, 0.15) is 77.0 Å². The quantitative estimate of drug-likeness (QED) is 0.339. The lowest BCUT2D eigenvalue weighted by Gasteiger charge is -2.57. The third kappa shape index (κ3) is 4.19. The molecule has 0 aromatic rings. The van der Waals surface area contributed by atoms with Crippen LogP contribution in [0.5, 0.6) is 0 Å². The zero-order valence-electron chi connectivity index (χ0n) is 18.2. The summed E-state index contributed by atoms with van der Waals surface area (Å²) in [6.07, 6.45) is 16.8. The second-order valence-corrected chi connectivity index (χ2v) is 10.1. The molecule has 1 spiro atoms. The summed E-state index contributed by atoms with van der Waals surface area (Å²) in [4.78, 5) is 7.39. The molecule has 3 saturated carbocycles. The van der Waals surface area contributed by atoms with Crippen LogP contribution in [0.15, 0.2) is 4.99 Å². The summed E-state index contributed by atoms with van der Waals surface area (Å²) < 4.78 is 6.15. The first kappa shape index (κ1) is 22.1. The van der Waals surface area contributed by atoms with Gasteiger partial charge in [0, 0.05) is 56.2 Å². The third-order valence-corrected chi connectivity index (χ3v) is 8.76. The van der Waals surface area contributed by atoms with Crippen molar-refractivity contribution in [2.24, 2.45) is 16.3 Å². The molecule has 2 heterocycles. The summed E-state index contributed by atoms with van der Waals surface area (Å²) >= 11 is 0. The molecule has 3 aliphatic carbocycles. The summed E-state index contributed by atoms with van der Waals surface area (Å²) in [6, 6.07) is 2.00. The van der Waals surface area contributed by atoms with Gasteiger partial charge < -0.3 is 20.3 Å². The first-order chi connectivity index (χ1) is 13.8. The predicted octanol–water partition coefficient (Wildman–Crippen LogP) is 3.91. The van der Waals surface area contributed by atoms with Crippen LogP contribution in [0.2, 0.25) is 0 Å². The Morgan fingerprint density at radius 1 is 0.931 bits per heavy atom. The highest BCUT2D eigenvalue weighted by atomic mass is 127. The van der Waals surface area contributed by atoms with E-state index in [2.05, 4.69) is 20.5 Å². The molecule has 166 valence electrons. The van der Waals surface area contributed by atoms with Crippen molar-refractivity contribution in [3.63, 3.8) is 0 Å². The maximum atomic E-state index is 6.15. The van der Waals surface area contributed by atoms with Gasteiger partial charge in [-0.15, -0.1) is 24.0 Å². The van der Waals surface area contributed by atoms with Gasteiger partial charge in [-0.3, -0.25) is 4.99 Å². The van der Waals surface area contributed by atoms with Gasteiger partial charge in [-0.05, 0) is 44.9 Å². The van der Waals surface area contributed by atoms with Crippen LogP contribution in [0.4, 0.5) is 0 Å². The SMILES string of the molecule is CN=C(NC1CCN(C2CCCCC2)CC1)NC1C2CCOC2C12CCCC2.I. The number of rotatable bonds is 3. The van der Waals surface area contributed by atoms with E-state index in [1.807, 2.05) is 7.05 Å². The van der Waals surface area contributed by atoms with Gasteiger partial charge in [0.05, 0.1) is 6.10 Å². The molecule has 5 nitrogen and oxygen atoms in total. The van der Waals surface area contributed by atoms with Gasteiger partial charge in [0.25, 0.3) is 0 Å². The minimum atomic E-state index is 0. The van der Waals surface area contributed by atoms with Crippen molar-refractivity contribution in [3.8, 4) is 0 Å². The number of fused-ring (bicyclic) bond motifs is 2. The molecule has 0 radical (unpaired) electrons. The minimum Gasteiger partial charge on any atom is -0.377 e. The number of nitrogens with one attached hydrogen (secondary N) is 2. The molecule has 5 aliphatic rings. The van der Waals surface area contributed by atoms with E-state index in [4.69, 9.17) is 4.74 Å². The molecular formula is C23H41IN4O. The van der Waals surface area contributed by atoms with Crippen LogP contribution in [0.25, 0.3) is 0 Å². The Hall–Kier alpha value is -0.0800. The van der Waals surface area contributed by atoms with Crippen LogP contribution in [-0.4, -0.2) is 61.8 Å². The van der Waals surface area contributed by atoms with Crippen LogP contribution < -0.4 is 10.6 Å². The molecule has 29 heavy (non-hydrogen) atoms. The summed E-state index contributed by atoms with van der Waals surface area (Å²) in [7, 11) is 1.94. The zero-order chi connectivity index (χ0) is 19.0. The largest absolute Gasteiger partial charge is 0.377 e. The maximum Gasteiger partial charge on any atom is 0.191 e. The summed E-state index contributed by atoms with van der Waals surface area (Å²) in [5.74, 6) is 1.74. The smallest absolute Gasteiger partial charge is 0.191 e. The van der Waals surface area contributed by atoms with Crippen molar-refractivity contribution in [2.75, 3.05) is 26.7 Å². The molecule has 6 heteroatoms. The molecule has 5 fully saturated rings. The van der Waals surface area contributed by atoms with E-state index in [0.717, 1.165) is 18.6 Å². The fraction of sp³-hybridized carbons (Fsp3) is 0.957. The van der Waals surface area contributed by atoms with Crippen molar-refractivity contribution in [1.82, 2.24) is 15.5 Å². The Kier molecular flexibility index (Phi) is 7.32. The number of ether oxygens (including phenoxy) is 1. The van der Waals surface area contributed by atoms with Crippen LogP contribution in [0.3, 0.4) is 0 Å². The molecular weight excluding hydrogens is 475 g/mol. The van der Waals surface area contributed by atoms with E-state index in [1.165, 1.54) is 90.1 Å². The third-order valence-electron chi connectivity index (χ3n) is 8.76. The Morgan fingerprint density at radius 3 is 2.34 bits per heavy atom. The number of nitrogens with zero attached hydrogens (tertiary/aromatic N) is 2. The van der Waals surface area contributed by atoms with Gasteiger partial charge in [0.2, 0.25) is 0 Å². The number of hydrogen-bond donors (Lipinski definition) is 2. The molecule has 2 saturated heterocycles. The van der Waals surface area contributed by atoms with Crippen LogP contribution in [0, 0.1) is 11.3 Å². The van der Waals surface area contributed by atoms with Crippen LogP contribution in [-0.2, 0) is 4.74 Å². The van der Waals surface area contributed by atoms with Crippen molar-refractivity contribution in [1.29, 1.82) is 0 Å². The number of piperidine rings is 1. The second-order valence-electron chi connectivity index (χ2n) is 10.1. The van der Waals surface area contributed by atoms with E-state index in [9.17, 15) is 0 Å². The first-order valence-electron chi connectivity index (χ1n) is 12.2. The highest BCUT2D eigenvalue weighted by Gasteiger charge is 2.65. The van der Waals surface area contributed by atoms with Crippen molar-refractivity contribution in [2.45, 2.75) is 101 Å². The van der Waals surface area contributed by atoms with Gasteiger partial charge >= 0.3 is 0 Å². The number of guanidine groups is 1. The highest BCUT2D eigenvalue weighted by Crippen LogP contribution is 2.60. The Labute approximate surface area is 194 Å². The lowest BCUT2D eigenvalue weighted by atomic mass is 9.54. The lowest BCUT2D eigenvalue weighted by molar-refractivity contribution is -0.125. The Bertz CT molecular complexity index is 565. The summed E-state index contributed by atoms with van der Waals surface area (Å²) in [6.45, 7) is 3.47. The zero-order valence-corrected chi connectivity index (χ0v) is 20.5. The van der Waals surface area contributed by atoms with E-state index in [1.54, 1.807) is 0 Å². The summed E-state index contributed by atoms with van der Waals surface area (Å²) in [5, 5.41) is 7.66. The fourth-order valence-electron chi connectivity index (χ4n) is 7.27. The van der Waals surface area contributed by atoms with E-state index in [0.29, 0.717) is 29.5 Å². The molecule has 3 unspecified atom stereocenters. The van der Waals surface area contributed by atoms with E-state index < -0.39 is 0 Å². The van der Waals surface area contributed by atoms with Crippen molar-refractivity contribution in [3.05, 3.63) is 0 Å². The van der Waals surface area contributed by atoms with Gasteiger partial charge in [0.1, 0.15) is 0 Å². The van der Waals surface area contributed by atoms with E-state index >= 15 is 0 Å². The van der Waals surface area contributed by atoms with Crippen molar-refractivity contribution < 1.29 is 4.74 Å². The topological polar surface area (TPSA) is 48.9 Å². The maximum absolute atomic E-state index is 6.15. The standard InChI is InChI=1S/C23H40N4O.HI/c1-24-22(25-17-9-14-27(15-10-17)18-7-3-2-4-8-18)26-20-19-11-16-28-21(19)23(20)12-5-6-13-23;/h17-21H,2-16H2,1H3,(H2,24,25,26);1H. The number of likely N-dealkylation sites (tertiary alicyclic amines) is 1. The normalized spacial score (nSPS) is 35.8. The molecule has 3 atom stereocenters. The molecule has 0 bridgehead atoms. The number of aliphatic imine (C=N–C) groups is 1. The van der Waals surface area contributed by atoms with E-state index in [-0.39, 0.29) is 24.0 Å².